The molecule has 0 aliphatic rings. The van der Waals surface area contributed by atoms with E-state index in [0.29, 0.717) is 18.0 Å². The van der Waals surface area contributed by atoms with E-state index < -0.39 is 10.0 Å². The molecule has 0 heterocycles. The van der Waals surface area contributed by atoms with Gasteiger partial charge in [0, 0.05) is 28.1 Å². The lowest BCUT2D eigenvalue weighted by atomic mass is 10.3. The van der Waals surface area contributed by atoms with Gasteiger partial charge in [-0.3, -0.25) is 0 Å². The van der Waals surface area contributed by atoms with Crippen molar-refractivity contribution in [2.45, 2.75) is 17.1 Å². The van der Waals surface area contributed by atoms with Crippen molar-refractivity contribution in [3.8, 4) is 0 Å². The maximum atomic E-state index is 11.8. The smallest absolute Gasteiger partial charge is 0.212 e. The van der Waals surface area contributed by atoms with Gasteiger partial charge in [-0.1, -0.05) is 19.1 Å². The van der Waals surface area contributed by atoms with Crippen LogP contribution in [0.2, 0.25) is 0 Å². The Labute approximate surface area is 124 Å². The summed E-state index contributed by atoms with van der Waals surface area (Å²) in [5.74, 6) is 0.601. The summed E-state index contributed by atoms with van der Waals surface area (Å²) in [7, 11) is -3.19. The van der Waals surface area contributed by atoms with Gasteiger partial charge in [-0.15, -0.1) is 11.8 Å². The number of sulfonamides is 1. The van der Waals surface area contributed by atoms with Gasteiger partial charge >= 0.3 is 0 Å². The number of hydrogen-bond donors (Lipinski definition) is 2. The van der Waals surface area contributed by atoms with E-state index in [4.69, 9.17) is 5.73 Å². The maximum absolute atomic E-state index is 11.8. The molecule has 1 aromatic rings. The first kappa shape index (κ1) is 16.7. The fourth-order valence-electron chi connectivity index (χ4n) is 1.27. The van der Waals surface area contributed by atoms with Crippen molar-refractivity contribution in [3.05, 3.63) is 24.3 Å². The van der Waals surface area contributed by atoms with Gasteiger partial charge in [-0.05, 0) is 18.4 Å². The van der Waals surface area contributed by atoms with Gasteiger partial charge in [0.15, 0.2) is 0 Å². The summed E-state index contributed by atoms with van der Waals surface area (Å²) < 4.78 is 26.1. The number of hydrogen-bond acceptors (Lipinski definition) is 5. The van der Waals surface area contributed by atoms with E-state index in [-0.39, 0.29) is 11.0 Å². The third-order valence-corrected chi connectivity index (χ3v) is 6.19. The van der Waals surface area contributed by atoms with Gasteiger partial charge < -0.3 is 5.73 Å². The van der Waals surface area contributed by atoms with E-state index in [1.54, 1.807) is 11.8 Å². The van der Waals surface area contributed by atoms with Gasteiger partial charge in [0.05, 0.1) is 5.75 Å². The zero-order valence-electron chi connectivity index (χ0n) is 11.1. The Hall–Kier alpha value is -0.370. The molecule has 0 aromatic heterocycles. The number of rotatable bonds is 8. The Morgan fingerprint density at radius 1 is 1.37 bits per heavy atom. The molecule has 4 nitrogen and oxygen atoms in total. The van der Waals surface area contributed by atoms with Crippen LogP contribution in [0, 0.1) is 0 Å². The molecule has 0 saturated carbocycles. The van der Waals surface area contributed by atoms with Crippen LogP contribution in [-0.2, 0) is 10.0 Å². The molecule has 1 rings (SSSR count). The zero-order chi connectivity index (χ0) is 14.3. The summed E-state index contributed by atoms with van der Waals surface area (Å²) in [4.78, 5) is 0.926. The Morgan fingerprint density at radius 2 is 2.05 bits per heavy atom. The highest BCUT2D eigenvalue weighted by Gasteiger charge is 2.12. The Kier molecular flexibility index (Phi) is 7.06. The summed E-state index contributed by atoms with van der Waals surface area (Å²) in [6.45, 7) is 2.47. The largest absolute Gasteiger partial charge is 0.398 e. The SMILES string of the molecule is CSC(C)CNS(=O)(=O)CCSc1ccccc1N. The summed E-state index contributed by atoms with van der Waals surface area (Å²) in [6.07, 6.45) is 1.97. The lowest BCUT2D eigenvalue weighted by Crippen LogP contribution is -2.32. The minimum atomic E-state index is -3.19. The predicted molar refractivity (Wildman–Crippen MR) is 86.3 cm³/mol. The zero-order valence-corrected chi connectivity index (χ0v) is 13.6. The summed E-state index contributed by atoms with van der Waals surface area (Å²) in [6, 6.07) is 7.47. The number of para-hydroxylation sites is 1. The average molecular weight is 321 g/mol. The fourth-order valence-corrected chi connectivity index (χ4v) is 4.12. The standard InChI is InChI=1S/C12H20N2O2S3/c1-10(17-2)9-14-19(15,16)8-7-18-12-6-4-3-5-11(12)13/h3-6,10,14H,7-9,13H2,1-2H3. The number of nitrogen functional groups attached to an aromatic ring is 1. The molecule has 3 N–H and O–H groups in total. The molecular formula is C12H20N2O2S3. The average Bonchev–Trinajstić information content (AvgIpc) is 2.38. The number of anilines is 1. The Bertz CT molecular complexity index is 492. The predicted octanol–water partition coefficient (Wildman–Crippen LogP) is 2.03. The summed E-state index contributed by atoms with van der Waals surface area (Å²) in [5.41, 5.74) is 6.49. The third kappa shape index (κ3) is 6.56. The first-order valence-corrected chi connectivity index (χ1v) is 9.84. The van der Waals surface area contributed by atoms with Crippen molar-refractivity contribution in [2.75, 3.05) is 30.0 Å². The fraction of sp³-hybridized carbons (Fsp3) is 0.500. The second-order valence-corrected chi connectivity index (χ2v) is 8.44. The molecule has 1 aromatic carbocycles. The molecule has 1 unspecified atom stereocenters. The molecule has 108 valence electrons. The number of thioether (sulfide) groups is 2. The quantitative estimate of drug-likeness (QED) is 0.566. The van der Waals surface area contributed by atoms with Crippen molar-refractivity contribution >= 4 is 39.2 Å². The van der Waals surface area contributed by atoms with Gasteiger partial charge in [-0.25, -0.2) is 13.1 Å². The van der Waals surface area contributed by atoms with Gasteiger partial charge in [0.2, 0.25) is 10.0 Å². The molecule has 0 aliphatic carbocycles. The first-order chi connectivity index (χ1) is 8.94. The summed E-state index contributed by atoms with van der Waals surface area (Å²) >= 11 is 3.10. The van der Waals surface area contributed by atoms with Crippen molar-refractivity contribution in [2.24, 2.45) is 0 Å². The van der Waals surface area contributed by atoms with Crippen LogP contribution in [0.5, 0.6) is 0 Å². The maximum Gasteiger partial charge on any atom is 0.212 e. The molecule has 0 saturated heterocycles. The highest BCUT2D eigenvalue weighted by Crippen LogP contribution is 2.24. The van der Waals surface area contributed by atoms with Crippen LogP contribution in [0.3, 0.4) is 0 Å². The van der Waals surface area contributed by atoms with Gasteiger partial charge in [0.1, 0.15) is 0 Å². The molecule has 0 amide bonds. The number of nitrogens with one attached hydrogen (secondary N) is 1. The van der Waals surface area contributed by atoms with E-state index in [1.807, 2.05) is 37.4 Å². The van der Waals surface area contributed by atoms with Crippen LogP contribution in [0.25, 0.3) is 0 Å². The molecule has 0 bridgehead atoms. The first-order valence-electron chi connectivity index (χ1n) is 5.92. The normalized spacial score (nSPS) is 13.4. The summed E-state index contributed by atoms with van der Waals surface area (Å²) in [5, 5.41) is 0.284. The molecule has 7 heteroatoms. The lowest BCUT2D eigenvalue weighted by Gasteiger charge is -2.10. The molecule has 19 heavy (non-hydrogen) atoms. The van der Waals surface area contributed by atoms with Gasteiger partial charge in [0.25, 0.3) is 0 Å². The topological polar surface area (TPSA) is 72.2 Å². The number of benzene rings is 1. The van der Waals surface area contributed by atoms with Crippen LogP contribution in [0.1, 0.15) is 6.92 Å². The second-order valence-electron chi connectivity index (χ2n) is 4.10. The third-order valence-electron chi connectivity index (χ3n) is 2.52. The molecule has 1 atom stereocenters. The number of nitrogens with two attached hydrogens (primary N) is 1. The van der Waals surface area contributed by atoms with Crippen molar-refractivity contribution in [3.63, 3.8) is 0 Å². The van der Waals surface area contributed by atoms with Crippen LogP contribution in [0.15, 0.2) is 29.2 Å². The van der Waals surface area contributed by atoms with Crippen LogP contribution < -0.4 is 10.5 Å². The van der Waals surface area contributed by atoms with Crippen LogP contribution >= 0.6 is 23.5 Å². The monoisotopic (exact) mass is 320 g/mol. The van der Waals surface area contributed by atoms with Crippen molar-refractivity contribution in [1.29, 1.82) is 0 Å². The van der Waals surface area contributed by atoms with Gasteiger partial charge in [-0.2, -0.15) is 11.8 Å². The Balaban J connectivity index is 2.38. The minimum Gasteiger partial charge on any atom is -0.398 e. The highest BCUT2D eigenvalue weighted by molar-refractivity contribution is 8.00. The van der Waals surface area contributed by atoms with E-state index in [1.165, 1.54) is 11.8 Å². The van der Waals surface area contributed by atoms with Crippen LogP contribution in [0.4, 0.5) is 5.69 Å². The van der Waals surface area contributed by atoms with E-state index in [2.05, 4.69) is 4.72 Å². The van der Waals surface area contributed by atoms with Crippen molar-refractivity contribution < 1.29 is 8.42 Å². The molecule has 0 fully saturated rings. The van der Waals surface area contributed by atoms with Crippen molar-refractivity contribution in [1.82, 2.24) is 4.72 Å². The molecule has 0 radical (unpaired) electrons. The highest BCUT2D eigenvalue weighted by atomic mass is 32.2. The molecular weight excluding hydrogens is 300 g/mol. The molecule has 0 spiro atoms. The van der Waals surface area contributed by atoms with E-state index in [0.717, 1.165) is 4.90 Å². The minimum absolute atomic E-state index is 0.104. The van der Waals surface area contributed by atoms with E-state index in [9.17, 15) is 8.42 Å². The van der Waals surface area contributed by atoms with Crippen LogP contribution in [-0.4, -0.2) is 38.0 Å². The van der Waals surface area contributed by atoms with E-state index >= 15 is 0 Å². The second kappa shape index (κ2) is 8.04. The Morgan fingerprint density at radius 3 is 2.68 bits per heavy atom. The lowest BCUT2D eigenvalue weighted by molar-refractivity contribution is 0.583. The molecule has 0 aliphatic heterocycles.